The van der Waals surface area contributed by atoms with Crippen LogP contribution in [0.15, 0.2) is 47.2 Å². The van der Waals surface area contributed by atoms with Crippen LogP contribution in [0.4, 0.5) is 4.39 Å². The normalized spacial score (nSPS) is 10.8. The van der Waals surface area contributed by atoms with E-state index in [1.807, 2.05) is 0 Å². The highest BCUT2D eigenvalue weighted by Gasteiger charge is 2.20. The van der Waals surface area contributed by atoms with Gasteiger partial charge in [-0.1, -0.05) is 5.16 Å². The average Bonchev–Trinajstić information content (AvgIpc) is 3.34. The maximum atomic E-state index is 13.0. The van der Waals surface area contributed by atoms with E-state index in [-0.39, 0.29) is 24.1 Å². The number of benzene rings is 1. The molecule has 0 saturated carbocycles. The Kier molecular flexibility index (Phi) is 4.85. The Bertz CT molecular complexity index is 1110. The minimum atomic E-state index is -0.551. The van der Waals surface area contributed by atoms with Crippen LogP contribution in [0.1, 0.15) is 21.2 Å². The number of ether oxygens (including phenoxy) is 1. The fourth-order valence-electron chi connectivity index (χ4n) is 2.31. The van der Waals surface area contributed by atoms with E-state index >= 15 is 0 Å². The highest BCUT2D eigenvalue weighted by Crippen LogP contribution is 2.26. The molecule has 140 valence electrons. The number of esters is 1. The van der Waals surface area contributed by atoms with Crippen LogP contribution in [-0.4, -0.2) is 31.1 Å². The summed E-state index contributed by atoms with van der Waals surface area (Å²) in [6.45, 7) is 1.54. The minimum absolute atomic E-state index is 0.169. The van der Waals surface area contributed by atoms with Gasteiger partial charge in [0, 0.05) is 18.0 Å². The highest BCUT2D eigenvalue weighted by atomic mass is 32.1. The lowest BCUT2D eigenvalue weighted by atomic mass is 10.2. The van der Waals surface area contributed by atoms with Crippen LogP contribution in [0.5, 0.6) is 0 Å². The number of aryl methyl sites for hydroxylation is 1. The van der Waals surface area contributed by atoms with E-state index in [0.717, 1.165) is 11.3 Å². The van der Waals surface area contributed by atoms with Crippen molar-refractivity contribution in [2.45, 2.75) is 13.5 Å². The van der Waals surface area contributed by atoms with Crippen LogP contribution in [0, 0.1) is 12.7 Å². The van der Waals surface area contributed by atoms with Gasteiger partial charge >= 0.3 is 5.97 Å². The summed E-state index contributed by atoms with van der Waals surface area (Å²) in [6.07, 6.45) is 3.21. The second kappa shape index (κ2) is 7.61. The zero-order chi connectivity index (χ0) is 19.5. The summed E-state index contributed by atoms with van der Waals surface area (Å²) in [4.78, 5) is 29.4. The Labute approximate surface area is 162 Å². The number of halogens is 1. The van der Waals surface area contributed by atoms with Crippen LogP contribution in [-0.2, 0) is 11.3 Å². The summed E-state index contributed by atoms with van der Waals surface area (Å²) >= 11 is 1.15. The smallest absolute Gasteiger partial charge is 0.350 e. The molecule has 0 saturated heterocycles. The lowest BCUT2D eigenvalue weighted by Crippen LogP contribution is -2.05. The molecular weight excluding hydrogens is 385 g/mol. The van der Waals surface area contributed by atoms with Gasteiger partial charge in [0.05, 0.1) is 5.69 Å². The van der Waals surface area contributed by atoms with Crippen molar-refractivity contribution in [1.82, 2.24) is 25.1 Å². The zero-order valence-corrected chi connectivity index (χ0v) is 15.3. The monoisotopic (exact) mass is 397 g/mol. The van der Waals surface area contributed by atoms with Crippen molar-refractivity contribution in [2.75, 3.05) is 0 Å². The quantitative estimate of drug-likeness (QED) is 0.472. The molecule has 4 rings (SSSR count). The number of nitrogens with zero attached hydrogens (tertiary/aromatic N) is 5. The predicted octanol–water partition coefficient (Wildman–Crippen LogP) is 3.45. The number of rotatable bonds is 5. The van der Waals surface area contributed by atoms with Crippen molar-refractivity contribution in [3.63, 3.8) is 0 Å². The number of hydrogen-bond donors (Lipinski definition) is 0. The average molecular weight is 397 g/mol. The summed E-state index contributed by atoms with van der Waals surface area (Å²) in [7, 11) is 0. The fraction of sp³-hybridized carbons (Fsp3) is 0.111. The maximum Gasteiger partial charge on any atom is 0.350 e. The Morgan fingerprint density at radius 3 is 2.68 bits per heavy atom. The number of hydrogen-bond acceptors (Lipinski definition) is 9. The van der Waals surface area contributed by atoms with Crippen molar-refractivity contribution in [2.24, 2.45) is 0 Å². The molecule has 0 radical (unpaired) electrons. The van der Waals surface area contributed by atoms with E-state index in [1.165, 1.54) is 24.3 Å². The first-order valence-electron chi connectivity index (χ1n) is 8.10. The molecule has 0 aliphatic heterocycles. The van der Waals surface area contributed by atoms with Crippen LogP contribution in [0.2, 0.25) is 0 Å². The SMILES string of the molecule is Cc1nc(-c2ncccn2)sc1C(=O)OCc1noc(-c2ccc(F)cc2)n1. The van der Waals surface area contributed by atoms with E-state index in [1.54, 1.807) is 25.4 Å². The summed E-state index contributed by atoms with van der Waals surface area (Å²) in [5.41, 5.74) is 1.09. The first-order valence-corrected chi connectivity index (χ1v) is 8.92. The second-order valence-electron chi connectivity index (χ2n) is 5.60. The molecule has 0 aliphatic rings. The molecule has 10 heteroatoms. The summed E-state index contributed by atoms with van der Waals surface area (Å²) in [5.74, 6) is -0.0651. The predicted molar refractivity (Wildman–Crippen MR) is 96.7 cm³/mol. The van der Waals surface area contributed by atoms with Crippen molar-refractivity contribution >= 4 is 17.3 Å². The lowest BCUT2D eigenvalue weighted by molar-refractivity contribution is 0.0464. The Morgan fingerprint density at radius 2 is 1.93 bits per heavy atom. The molecule has 4 aromatic rings. The van der Waals surface area contributed by atoms with Crippen LogP contribution < -0.4 is 0 Å². The number of thiazole rings is 1. The molecular formula is C18H12FN5O3S. The van der Waals surface area contributed by atoms with E-state index in [9.17, 15) is 9.18 Å². The molecule has 0 unspecified atom stereocenters. The van der Waals surface area contributed by atoms with Gasteiger partial charge in [-0.05, 0) is 37.3 Å². The van der Waals surface area contributed by atoms with E-state index in [0.29, 0.717) is 27.0 Å². The third kappa shape index (κ3) is 3.76. The number of carbonyl (C=O) groups excluding carboxylic acids is 1. The summed E-state index contributed by atoms with van der Waals surface area (Å²) in [6, 6.07) is 7.32. The summed E-state index contributed by atoms with van der Waals surface area (Å²) in [5, 5.41) is 4.30. The van der Waals surface area contributed by atoms with Gasteiger partial charge < -0.3 is 9.26 Å². The van der Waals surface area contributed by atoms with Crippen LogP contribution >= 0.6 is 11.3 Å². The van der Waals surface area contributed by atoms with Gasteiger partial charge in [-0.2, -0.15) is 4.98 Å². The topological polar surface area (TPSA) is 104 Å². The molecule has 0 atom stereocenters. The Morgan fingerprint density at radius 1 is 1.18 bits per heavy atom. The molecule has 8 nitrogen and oxygen atoms in total. The van der Waals surface area contributed by atoms with Crippen molar-refractivity contribution in [3.8, 4) is 22.3 Å². The van der Waals surface area contributed by atoms with Gasteiger partial charge in [-0.15, -0.1) is 11.3 Å². The van der Waals surface area contributed by atoms with Gasteiger partial charge in [0.15, 0.2) is 17.4 Å². The molecule has 0 spiro atoms. The van der Waals surface area contributed by atoms with Gasteiger partial charge in [0.25, 0.3) is 5.89 Å². The molecule has 0 amide bonds. The molecule has 1 aromatic carbocycles. The minimum Gasteiger partial charge on any atom is -0.453 e. The van der Waals surface area contributed by atoms with E-state index in [4.69, 9.17) is 9.26 Å². The zero-order valence-electron chi connectivity index (χ0n) is 14.5. The van der Waals surface area contributed by atoms with E-state index < -0.39 is 5.97 Å². The van der Waals surface area contributed by atoms with Crippen LogP contribution in [0.3, 0.4) is 0 Å². The first-order chi connectivity index (χ1) is 13.6. The molecule has 0 N–H and O–H groups in total. The van der Waals surface area contributed by atoms with Gasteiger partial charge in [0.2, 0.25) is 5.82 Å². The largest absolute Gasteiger partial charge is 0.453 e. The second-order valence-corrected chi connectivity index (χ2v) is 6.60. The molecule has 3 heterocycles. The highest BCUT2D eigenvalue weighted by molar-refractivity contribution is 7.16. The fourth-order valence-corrected chi connectivity index (χ4v) is 3.22. The molecule has 0 aliphatic carbocycles. The number of carbonyl (C=O) groups is 1. The molecule has 28 heavy (non-hydrogen) atoms. The Balaban J connectivity index is 1.44. The molecule has 3 aromatic heterocycles. The van der Waals surface area contributed by atoms with Crippen LogP contribution in [0.25, 0.3) is 22.3 Å². The van der Waals surface area contributed by atoms with Crippen molar-refractivity contribution in [1.29, 1.82) is 0 Å². The third-order valence-electron chi connectivity index (χ3n) is 3.63. The molecule has 0 bridgehead atoms. The maximum absolute atomic E-state index is 13.0. The van der Waals surface area contributed by atoms with E-state index in [2.05, 4.69) is 25.1 Å². The van der Waals surface area contributed by atoms with Gasteiger partial charge in [-0.25, -0.2) is 24.1 Å². The van der Waals surface area contributed by atoms with Crippen molar-refractivity contribution < 1.29 is 18.4 Å². The summed E-state index contributed by atoms with van der Waals surface area (Å²) < 4.78 is 23.4. The Hall–Kier alpha value is -3.53. The van der Waals surface area contributed by atoms with Gasteiger partial charge in [-0.3, -0.25) is 0 Å². The third-order valence-corrected chi connectivity index (χ3v) is 4.76. The lowest BCUT2D eigenvalue weighted by Gasteiger charge is -1.99. The van der Waals surface area contributed by atoms with Crippen molar-refractivity contribution in [3.05, 3.63) is 64.9 Å². The first kappa shape index (κ1) is 17.9. The number of aromatic nitrogens is 5. The standard InChI is InChI=1S/C18H12FN5O3S/c1-10-14(28-17(22-10)15-20-7-2-8-21-15)18(25)26-9-13-23-16(27-24-13)11-3-5-12(19)6-4-11/h2-8H,9H2,1H3. The van der Waals surface area contributed by atoms with Gasteiger partial charge in [0.1, 0.15) is 10.7 Å². The molecule has 0 fully saturated rings.